The van der Waals surface area contributed by atoms with Crippen LogP contribution in [0.4, 0.5) is 5.82 Å². The van der Waals surface area contributed by atoms with E-state index in [1.807, 2.05) is 0 Å². The maximum atomic E-state index is 12.7. The first-order valence-electron chi connectivity index (χ1n) is 9.34. The third kappa shape index (κ3) is 7.77. The summed E-state index contributed by atoms with van der Waals surface area (Å²) in [5.74, 6) is 0.762. The highest BCUT2D eigenvalue weighted by Crippen LogP contribution is 2.37. The fourth-order valence-corrected chi connectivity index (χ4v) is 3.88. The molecule has 1 aromatic carbocycles. The average molecular weight is 480 g/mol. The molecule has 0 aliphatic heterocycles. The van der Waals surface area contributed by atoms with Gasteiger partial charge >= 0.3 is 0 Å². The number of aromatic nitrogens is 2. The Balaban J connectivity index is 2.31. The van der Waals surface area contributed by atoms with Crippen LogP contribution in [-0.2, 0) is 15.9 Å². The highest BCUT2D eigenvalue weighted by atomic mass is 32.2. The van der Waals surface area contributed by atoms with E-state index in [9.17, 15) is 24.5 Å². The standard InChI is InChI=1S/C20H25N4O6PS/c1-13(24(12-25)11-16-10-22-14(2)23-19(16)21)18(8-9-30-31(3,28)29)32-20(27)15-4-6-17(26)7-5-15/h4-7,10,12,26,28-29H,3,8-9,11H2,1-2H3,(H2,21,22,23)/b18-13-. The molecule has 0 atom stereocenters. The Hall–Kier alpha value is -2.69. The number of thioether (sulfide) groups is 1. The summed E-state index contributed by atoms with van der Waals surface area (Å²) < 4.78 is 4.95. The molecule has 0 radical (unpaired) electrons. The van der Waals surface area contributed by atoms with E-state index < -0.39 is 7.57 Å². The number of phenols is 1. The quantitative estimate of drug-likeness (QED) is 0.294. The van der Waals surface area contributed by atoms with Crippen molar-refractivity contribution < 1.29 is 29.0 Å². The second kappa shape index (κ2) is 11.3. The lowest BCUT2D eigenvalue weighted by molar-refractivity contribution is -0.116. The molecule has 1 aromatic heterocycles. The van der Waals surface area contributed by atoms with Gasteiger partial charge in [0.1, 0.15) is 17.4 Å². The first-order valence-corrected chi connectivity index (χ1v) is 12.0. The normalized spacial score (nSPS) is 12.2. The van der Waals surface area contributed by atoms with E-state index in [0.29, 0.717) is 34.0 Å². The molecule has 32 heavy (non-hydrogen) atoms. The van der Waals surface area contributed by atoms with Crippen LogP contribution < -0.4 is 5.73 Å². The van der Waals surface area contributed by atoms with Gasteiger partial charge in [0.2, 0.25) is 19.1 Å². The molecule has 0 fully saturated rings. The lowest BCUT2D eigenvalue weighted by Gasteiger charge is -2.22. The molecular formula is C20H25N4O6PS. The number of aryl methyl sites for hydroxylation is 1. The highest BCUT2D eigenvalue weighted by Gasteiger charge is 2.18. The van der Waals surface area contributed by atoms with Gasteiger partial charge in [-0.05, 0) is 56.2 Å². The summed E-state index contributed by atoms with van der Waals surface area (Å²) in [6, 6.07) is 5.74. The van der Waals surface area contributed by atoms with Crippen molar-refractivity contribution in [1.29, 1.82) is 0 Å². The summed E-state index contributed by atoms with van der Waals surface area (Å²) in [5.41, 5.74) is 7.25. The van der Waals surface area contributed by atoms with Crippen LogP contribution in [0.1, 0.15) is 35.1 Å². The Morgan fingerprint density at radius 1 is 1.34 bits per heavy atom. The molecule has 2 rings (SSSR count). The number of nitrogens with zero attached hydrogens (tertiary/aromatic N) is 3. The third-order valence-electron chi connectivity index (χ3n) is 4.27. The molecule has 0 aliphatic carbocycles. The van der Waals surface area contributed by atoms with Gasteiger partial charge in [0.15, 0.2) is 0 Å². The number of rotatable bonds is 10. The van der Waals surface area contributed by atoms with Crippen molar-refractivity contribution in [2.75, 3.05) is 12.3 Å². The molecule has 2 aromatic rings. The predicted octanol–water partition coefficient (Wildman–Crippen LogP) is 2.42. The van der Waals surface area contributed by atoms with E-state index >= 15 is 0 Å². The third-order valence-corrected chi connectivity index (χ3v) is 6.03. The van der Waals surface area contributed by atoms with Crippen molar-refractivity contribution in [2.45, 2.75) is 26.8 Å². The van der Waals surface area contributed by atoms with Crippen LogP contribution in [0.2, 0.25) is 0 Å². The number of amides is 1. The van der Waals surface area contributed by atoms with E-state index in [4.69, 9.17) is 10.3 Å². The number of carbonyl (C=O) groups is 2. The number of nitrogens with two attached hydrogens (primary N) is 1. The number of nitrogen functional groups attached to an aromatic ring is 1. The first-order chi connectivity index (χ1) is 15.0. The number of allylic oxidation sites excluding steroid dienone is 1. The summed E-state index contributed by atoms with van der Waals surface area (Å²) >= 11 is 0.868. The number of anilines is 1. The van der Waals surface area contributed by atoms with Gasteiger partial charge in [0, 0.05) is 34.3 Å². The average Bonchev–Trinajstić information content (AvgIpc) is 2.71. The number of phenolic OH excluding ortho intramolecular Hbond substituents is 1. The van der Waals surface area contributed by atoms with Crippen molar-refractivity contribution in [1.82, 2.24) is 14.9 Å². The maximum Gasteiger partial charge on any atom is 0.245 e. The van der Waals surface area contributed by atoms with E-state index in [1.165, 1.54) is 35.4 Å². The van der Waals surface area contributed by atoms with Gasteiger partial charge in [0.05, 0.1) is 13.2 Å². The van der Waals surface area contributed by atoms with E-state index in [-0.39, 0.29) is 36.3 Å². The van der Waals surface area contributed by atoms with E-state index in [2.05, 4.69) is 16.3 Å². The van der Waals surface area contributed by atoms with Crippen LogP contribution in [0.15, 0.2) is 41.1 Å². The zero-order valence-electron chi connectivity index (χ0n) is 17.6. The van der Waals surface area contributed by atoms with Gasteiger partial charge in [-0.15, -0.1) is 0 Å². The Labute approximate surface area is 190 Å². The Morgan fingerprint density at radius 2 is 2.00 bits per heavy atom. The minimum absolute atomic E-state index is 0.0265. The number of carbonyl (C=O) groups excluding carboxylic acids is 2. The van der Waals surface area contributed by atoms with Gasteiger partial charge in [-0.2, -0.15) is 0 Å². The smallest absolute Gasteiger partial charge is 0.245 e. The summed E-state index contributed by atoms with van der Waals surface area (Å²) in [5, 5.41) is 9.10. The molecular weight excluding hydrogens is 455 g/mol. The highest BCUT2D eigenvalue weighted by molar-refractivity contribution is 8.17. The molecule has 0 unspecified atom stereocenters. The van der Waals surface area contributed by atoms with Crippen LogP contribution in [0.5, 0.6) is 5.75 Å². The van der Waals surface area contributed by atoms with Gasteiger partial charge < -0.3 is 30.1 Å². The topological polar surface area (TPSA) is 159 Å². The minimum atomic E-state index is -3.71. The zero-order valence-corrected chi connectivity index (χ0v) is 19.3. The van der Waals surface area contributed by atoms with E-state index in [0.717, 1.165) is 11.8 Å². The molecule has 1 amide bonds. The van der Waals surface area contributed by atoms with Crippen molar-refractivity contribution in [3.05, 3.63) is 58.0 Å². The van der Waals surface area contributed by atoms with Crippen LogP contribution in [0.25, 0.3) is 0 Å². The van der Waals surface area contributed by atoms with Crippen molar-refractivity contribution in [3.8, 4) is 5.75 Å². The number of benzene rings is 1. The second-order valence-electron chi connectivity index (χ2n) is 6.75. The molecule has 0 aliphatic rings. The fraction of sp³-hybridized carbons (Fsp3) is 0.250. The fourth-order valence-electron chi connectivity index (χ4n) is 2.57. The summed E-state index contributed by atoms with van der Waals surface area (Å²) in [7, 11) is -3.71. The van der Waals surface area contributed by atoms with Crippen molar-refractivity contribution >= 4 is 43.0 Å². The second-order valence-corrected chi connectivity index (χ2v) is 9.41. The van der Waals surface area contributed by atoms with Crippen LogP contribution in [0.3, 0.4) is 0 Å². The Morgan fingerprint density at radius 3 is 2.56 bits per heavy atom. The van der Waals surface area contributed by atoms with Gasteiger partial charge in [0.25, 0.3) is 0 Å². The zero-order chi connectivity index (χ0) is 23.9. The molecule has 5 N–H and O–H groups in total. The molecule has 1 heterocycles. The first kappa shape index (κ1) is 25.6. The van der Waals surface area contributed by atoms with Crippen molar-refractivity contribution in [3.63, 3.8) is 0 Å². The minimum Gasteiger partial charge on any atom is -0.508 e. The van der Waals surface area contributed by atoms with Gasteiger partial charge in [-0.3, -0.25) is 9.59 Å². The largest absolute Gasteiger partial charge is 0.508 e. The number of hydrogen-bond acceptors (Lipinski definition) is 10. The Bertz CT molecular complexity index is 1050. The maximum absolute atomic E-state index is 12.7. The predicted molar refractivity (Wildman–Crippen MR) is 125 cm³/mol. The lowest BCUT2D eigenvalue weighted by Crippen LogP contribution is -2.22. The van der Waals surface area contributed by atoms with Crippen LogP contribution in [-0.4, -0.2) is 54.2 Å². The molecule has 12 heteroatoms. The molecule has 172 valence electrons. The van der Waals surface area contributed by atoms with Crippen LogP contribution >= 0.6 is 19.3 Å². The molecule has 0 bridgehead atoms. The summed E-state index contributed by atoms with van der Waals surface area (Å²) in [6.45, 7) is 3.29. The molecule has 0 spiro atoms. The monoisotopic (exact) mass is 480 g/mol. The molecule has 0 saturated heterocycles. The summed E-state index contributed by atoms with van der Waals surface area (Å²) in [4.78, 5) is 53.3. The molecule has 0 saturated carbocycles. The lowest BCUT2D eigenvalue weighted by atomic mass is 10.2. The Kier molecular flexibility index (Phi) is 8.99. The SMILES string of the molecule is C=P(O)(O)OCC/C(SC(=O)c1ccc(O)cc1)=C(\C)N(C=O)Cc1cnc(C)nc1N. The number of hydrogen-bond donors (Lipinski definition) is 4. The molecule has 10 nitrogen and oxygen atoms in total. The van der Waals surface area contributed by atoms with Crippen LogP contribution in [0, 0.1) is 6.92 Å². The van der Waals surface area contributed by atoms with Gasteiger partial charge in [-0.1, -0.05) is 0 Å². The number of aromatic hydroxyl groups is 1. The van der Waals surface area contributed by atoms with Crippen molar-refractivity contribution in [2.24, 2.45) is 0 Å². The van der Waals surface area contributed by atoms with E-state index in [1.54, 1.807) is 13.8 Å². The van der Waals surface area contributed by atoms with Gasteiger partial charge in [-0.25, -0.2) is 9.97 Å². The summed E-state index contributed by atoms with van der Waals surface area (Å²) in [6.07, 6.45) is 5.38.